The third-order valence-electron chi connectivity index (χ3n) is 7.17. The fourth-order valence-corrected chi connectivity index (χ4v) is 4.32. The van der Waals surface area contributed by atoms with Crippen LogP contribution in [0.5, 0.6) is 0 Å². The van der Waals surface area contributed by atoms with E-state index in [-0.39, 0.29) is 29.0 Å². The van der Waals surface area contributed by atoms with Crippen molar-refractivity contribution in [1.29, 1.82) is 10.8 Å². The van der Waals surface area contributed by atoms with Crippen LogP contribution in [0.25, 0.3) is 10.6 Å². The molecule has 1 radical (unpaired) electrons. The molecule has 0 spiro atoms. The molecule has 2 aromatic rings. The molecule has 0 aliphatic carbocycles. The minimum atomic E-state index is 0. The molecule has 2 aromatic carbocycles. The number of para-hydroxylation sites is 2. The fourth-order valence-electron chi connectivity index (χ4n) is 4.32. The van der Waals surface area contributed by atoms with Gasteiger partial charge in [0.2, 0.25) is 0 Å². The van der Waals surface area contributed by atoms with E-state index in [2.05, 4.69) is 102 Å². The number of nitrogens with zero attached hydrogens (tertiary/aromatic N) is 8. The fraction of sp³-hybridized carbons (Fsp3) is 0.556. The predicted molar refractivity (Wildman–Crippen MR) is 200 cm³/mol. The molecule has 0 amide bonds. The molecule has 0 fully saturated rings. The zero-order chi connectivity index (χ0) is 35.5. The Balaban J connectivity index is 0.000000882. The van der Waals surface area contributed by atoms with Gasteiger partial charge in [-0.15, -0.1) is 0 Å². The van der Waals surface area contributed by atoms with E-state index >= 15 is 0 Å². The summed E-state index contributed by atoms with van der Waals surface area (Å²) in [5, 5.41) is 25.6. The third kappa shape index (κ3) is 13.2. The maximum atomic E-state index is 7.96. The van der Waals surface area contributed by atoms with E-state index in [1.165, 1.54) is 22.3 Å². The Morgan fingerprint density at radius 2 is 0.723 bits per heavy atom. The molecule has 0 aliphatic rings. The minimum absolute atomic E-state index is 0. The van der Waals surface area contributed by atoms with Gasteiger partial charge < -0.3 is 40.2 Å². The Hall–Kier alpha value is -3.56. The van der Waals surface area contributed by atoms with Crippen molar-refractivity contribution in [3.63, 3.8) is 0 Å². The van der Waals surface area contributed by atoms with Crippen molar-refractivity contribution in [2.75, 3.05) is 56.4 Å². The van der Waals surface area contributed by atoms with Gasteiger partial charge >= 0.3 is 17.1 Å². The van der Waals surface area contributed by atoms with E-state index in [0.29, 0.717) is 35.6 Å². The summed E-state index contributed by atoms with van der Waals surface area (Å²) in [6, 6.07) is 12.7. The third-order valence-corrected chi connectivity index (χ3v) is 7.17. The van der Waals surface area contributed by atoms with Crippen molar-refractivity contribution in [1.82, 2.24) is 19.6 Å². The summed E-state index contributed by atoms with van der Waals surface area (Å²) in [6.07, 6.45) is 0. The first kappa shape index (κ1) is 43.4. The van der Waals surface area contributed by atoms with Gasteiger partial charge in [-0.3, -0.25) is 10.8 Å². The molecule has 2 N–H and O–H groups in total. The summed E-state index contributed by atoms with van der Waals surface area (Å²) in [5.41, 5.74) is 6.81. The SMILES string of the molecule is CC(C)c1cccc(C(C)C)c1[N-]/C(=N\C(=N)N(C)C)N(C)C.CC(C)c1cccc(C(C)C)c1[N-]/C(=N\C(=N)N(C)C)N(C)C.[Cu+2]. The maximum absolute atomic E-state index is 7.96. The first-order valence-electron chi connectivity index (χ1n) is 16.0. The van der Waals surface area contributed by atoms with Crippen molar-refractivity contribution < 1.29 is 17.1 Å². The van der Waals surface area contributed by atoms with Gasteiger partial charge in [0.25, 0.3) is 0 Å². The molecular formula is C36H60CuN10. The van der Waals surface area contributed by atoms with Gasteiger partial charge in [-0.1, -0.05) is 91.8 Å². The van der Waals surface area contributed by atoms with E-state index in [4.69, 9.17) is 21.5 Å². The largest absolute Gasteiger partial charge is 2.00 e. The predicted octanol–water partition coefficient (Wildman–Crippen LogP) is 8.70. The summed E-state index contributed by atoms with van der Waals surface area (Å²) in [5.74, 6) is 2.97. The molecule has 0 aromatic heterocycles. The quantitative estimate of drug-likeness (QED) is 0.179. The van der Waals surface area contributed by atoms with Crippen molar-refractivity contribution in [2.24, 2.45) is 9.98 Å². The molecule has 0 saturated heterocycles. The second-order valence-electron chi connectivity index (χ2n) is 13.5. The van der Waals surface area contributed by atoms with Crippen LogP contribution in [-0.4, -0.2) is 99.8 Å². The molecule has 265 valence electrons. The van der Waals surface area contributed by atoms with E-state index in [0.717, 1.165) is 11.4 Å². The number of nitrogens with one attached hydrogen (secondary N) is 2. The van der Waals surface area contributed by atoms with Gasteiger partial charge in [-0.2, -0.15) is 0 Å². The van der Waals surface area contributed by atoms with Gasteiger partial charge in [0.05, 0.1) is 0 Å². The van der Waals surface area contributed by atoms with Gasteiger partial charge in [0.15, 0.2) is 0 Å². The van der Waals surface area contributed by atoms with Crippen molar-refractivity contribution >= 4 is 35.2 Å². The molecule has 47 heavy (non-hydrogen) atoms. The standard InChI is InChI=1S/2C18H30N5.Cu/c2*1-12(2)14-10-9-11-15(13(3)4)16(14)20-18(23(7)8)21-17(19)22(5)6;/h2*9-13H,1-8H3,(H-,19,20,21);/q2*-1;+2. The Kier molecular flexibility index (Phi) is 18.4. The van der Waals surface area contributed by atoms with Crippen LogP contribution in [0.3, 0.4) is 0 Å². The molecule has 0 atom stereocenters. The van der Waals surface area contributed by atoms with Gasteiger partial charge in [0.1, 0.15) is 11.9 Å². The van der Waals surface area contributed by atoms with Crippen molar-refractivity contribution in [3.8, 4) is 0 Å². The van der Waals surface area contributed by atoms with E-state index < -0.39 is 0 Å². The number of hydrogen-bond acceptors (Lipinski definition) is 2. The van der Waals surface area contributed by atoms with E-state index in [9.17, 15) is 0 Å². The van der Waals surface area contributed by atoms with Crippen LogP contribution in [0.15, 0.2) is 46.4 Å². The Morgan fingerprint density at radius 1 is 0.489 bits per heavy atom. The topological polar surface area (TPSA) is 114 Å². The monoisotopic (exact) mass is 695 g/mol. The normalized spacial score (nSPS) is 11.6. The second-order valence-corrected chi connectivity index (χ2v) is 13.5. The molecule has 10 nitrogen and oxygen atoms in total. The molecule has 0 heterocycles. The van der Waals surface area contributed by atoms with Crippen LogP contribution in [0.4, 0.5) is 11.4 Å². The minimum Gasteiger partial charge on any atom is -0.432 e. The van der Waals surface area contributed by atoms with Crippen LogP contribution >= 0.6 is 0 Å². The summed E-state index contributed by atoms with van der Waals surface area (Å²) in [4.78, 5) is 15.7. The number of aliphatic imine (C=N–C) groups is 2. The molecule has 0 saturated carbocycles. The summed E-state index contributed by atoms with van der Waals surface area (Å²) in [7, 11) is 14.8. The van der Waals surface area contributed by atoms with Crippen LogP contribution in [0.1, 0.15) is 101 Å². The number of guanidine groups is 4. The zero-order valence-corrected chi connectivity index (χ0v) is 32.6. The first-order valence-corrected chi connectivity index (χ1v) is 16.0. The van der Waals surface area contributed by atoms with Crippen LogP contribution in [0.2, 0.25) is 0 Å². The first-order chi connectivity index (χ1) is 21.3. The smallest absolute Gasteiger partial charge is 0.432 e. The van der Waals surface area contributed by atoms with Crippen LogP contribution < -0.4 is 0 Å². The van der Waals surface area contributed by atoms with Crippen molar-refractivity contribution in [3.05, 3.63) is 69.3 Å². The summed E-state index contributed by atoms with van der Waals surface area (Å²) in [6.45, 7) is 17.4. The zero-order valence-electron chi connectivity index (χ0n) is 31.7. The maximum Gasteiger partial charge on any atom is 2.00 e. The Bertz CT molecular complexity index is 1200. The molecule has 11 heteroatoms. The molecule has 2 rings (SSSR count). The van der Waals surface area contributed by atoms with Gasteiger partial charge in [0, 0.05) is 40.1 Å². The molecule has 0 aliphatic heterocycles. The average Bonchev–Trinajstić information content (AvgIpc) is 2.95. The number of benzene rings is 2. The average molecular weight is 696 g/mol. The second kappa shape index (κ2) is 20.0. The Morgan fingerprint density at radius 3 is 0.894 bits per heavy atom. The number of hydrogen-bond donors (Lipinski definition) is 2. The van der Waals surface area contributed by atoms with E-state index in [1.54, 1.807) is 38.0 Å². The van der Waals surface area contributed by atoms with Gasteiger partial charge in [-0.05, 0) is 85.5 Å². The Labute approximate surface area is 296 Å². The summed E-state index contributed by atoms with van der Waals surface area (Å²) < 4.78 is 0. The van der Waals surface area contributed by atoms with Crippen LogP contribution in [-0.2, 0) is 17.1 Å². The molecule has 0 bridgehead atoms. The molecule has 0 unspecified atom stereocenters. The van der Waals surface area contributed by atoms with E-state index in [1.807, 2.05) is 38.0 Å². The summed E-state index contributed by atoms with van der Waals surface area (Å²) >= 11 is 0. The van der Waals surface area contributed by atoms with Gasteiger partial charge in [-0.25, -0.2) is 0 Å². The van der Waals surface area contributed by atoms with Crippen LogP contribution in [0, 0.1) is 10.8 Å². The number of rotatable bonds is 6. The molecular weight excluding hydrogens is 636 g/mol. The van der Waals surface area contributed by atoms with Crippen molar-refractivity contribution in [2.45, 2.75) is 79.1 Å².